The van der Waals surface area contributed by atoms with Crippen LogP contribution in [-0.4, -0.2) is 40.8 Å². The fourth-order valence-corrected chi connectivity index (χ4v) is 6.62. The van der Waals surface area contributed by atoms with Crippen LogP contribution in [0.5, 0.6) is 5.75 Å². The number of benzene rings is 1. The summed E-state index contributed by atoms with van der Waals surface area (Å²) >= 11 is 6.59. The van der Waals surface area contributed by atoms with Gasteiger partial charge in [0.05, 0.1) is 29.1 Å². The van der Waals surface area contributed by atoms with Crippen molar-refractivity contribution in [3.63, 3.8) is 0 Å². The Kier molecular flexibility index (Phi) is 4.33. The summed E-state index contributed by atoms with van der Waals surface area (Å²) in [4.78, 5) is 2.71. The molecule has 1 N–H and O–H groups in total. The van der Waals surface area contributed by atoms with Crippen LogP contribution in [0.2, 0.25) is 5.02 Å². The molecule has 4 fully saturated rings. The van der Waals surface area contributed by atoms with E-state index in [0.29, 0.717) is 28.8 Å². The molecule has 2 aliphatic carbocycles. The van der Waals surface area contributed by atoms with Gasteiger partial charge in [-0.15, -0.1) is 0 Å². The van der Waals surface area contributed by atoms with Crippen LogP contribution in [0.4, 0.5) is 0 Å². The number of aromatic amines is 1. The molecule has 5 nitrogen and oxygen atoms in total. The molecule has 1 aromatic carbocycles. The van der Waals surface area contributed by atoms with Crippen molar-refractivity contribution in [1.82, 2.24) is 15.1 Å². The Morgan fingerprint density at radius 2 is 2.11 bits per heavy atom. The van der Waals surface area contributed by atoms with Gasteiger partial charge < -0.3 is 4.74 Å². The number of piperidine rings is 2. The van der Waals surface area contributed by atoms with Crippen molar-refractivity contribution in [3.8, 4) is 11.8 Å². The molecule has 3 atom stereocenters. The van der Waals surface area contributed by atoms with Gasteiger partial charge >= 0.3 is 0 Å². The van der Waals surface area contributed by atoms with Gasteiger partial charge in [0.25, 0.3) is 0 Å². The van der Waals surface area contributed by atoms with E-state index in [2.05, 4.69) is 28.1 Å². The maximum atomic E-state index is 9.73. The molecule has 2 saturated carbocycles. The van der Waals surface area contributed by atoms with Crippen LogP contribution < -0.4 is 4.74 Å². The molecule has 0 amide bonds. The van der Waals surface area contributed by atoms with Gasteiger partial charge in [-0.3, -0.25) is 10.00 Å². The molecule has 4 bridgehead atoms. The standard InChI is InChI=1S/C22H27ClN4O/c1-13(21-19-17(25-26-21)3-4-18(28-2)20(19)23)5-6-27-15-7-14-8-16(27)11-22(9-14,10-15)12-24/h3-4,13-16H,5-11H2,1-2H3,(H,25,26). The molecule has 2 saturated heterocycles. The number of hydrogen-bond donors (Lipinski definition) is 1. The lowest BCUT2D eigenvalue weighted by atomic mass is 9.56. The normalized spacial score (nSPS) is 32.6. The van der Waals surface area contributed by atoms with E-state index in [1.807, 2.05) is 12.1 Å². The number of ether oxygens (including phenoxy) is 1. The molecule has 148 valence electrons. The van der Waals surface area contributed by atoms with E-state index in [4.69, 9.17) is 16.3 Å². The molecule has 2 aliphatic heterocycles. The van der Waals surface area contributed by atoms with Crippen molar-refractivity contribution in [1.29, 1.82) is 5.26 Å². The van der Waals surface area contributed by atoms with Gasteiger partial charge in [-0.2, -0.15) is 10.4 Å². The number of hydrogen-bond acceptors (Lipinski definition) is 4. The van der Waals surface area contributed by atoms with Crippen LogP contribution in [0.15, 0.2) is 12.1 Å². The van der Waals surface area contributed by atoms with E-state index in [9.17, 15) is 5.26 Å². The minimum atomic E-state index is -0.0255. The molecule has 6 rings (SSSR count). The van der Waals surface area contributed by atoms with Gasteiger partial charge in [-0.25, -0.2) is 0 Å². The number of methoxy groups -OCH3 is 1. The van der Waals surface area contributed by atoms with Gasteiger partial charge in [0.1, 0.15) is 5.75 Å². The molecule has 28 heavy (non-hydrogen) atoms. The highest BCUT2D eigenvalue weighted by Gasteiger charge is 2.54. The van der Waals surface area contributed by atoms with Crippen molar-refractivity contribution < 1.29 is 4.74 Å². The summed E-state index contributed by atoms with van der Waals surface area (Å²) in [5.41, 5.74) is 1.96. The second-order valence-corrected chi connectivity index (χ2v) is 9.57. The highest BCUT2D eigenvalue weighted by atomic mass is 35.5. The summed E-state index contributed by atoms with van der Waals surface area (Å²) in [6, 6.07) is 7.70. The van der Waals surface area contributed by atoms with E-state index in [0.717, 1.165) is 54.7 Å². The average Bonchev–Trinajstić information content (AvgIpc) is 3.12. The fourth-order valence-electron chi connectivity index (χ4n) is 6.28. The van der Waals surface area contributed by atoms with Crippen LogP contribution in [0, 0.1) is 22.7 Å². The summed E-state index contributed by atoms with van der Waals surface area (Å²) in [6.07, 6.45) is 6.90. The van der Waals surface area contributed by atoms with E-state index in [-0.39, 0.29) is 5.41 Å². The molecular formula is C22H27ClN4O. The van der Waals surface area contributed by atoms with Crippen molar-refractivity contribution >= 4 is 22.5 Å². The Morgan fingerprint density at radius 1 is 1.36 bits per heavy atom. The number of nitrogens with zero attached hydrogens (tertiary/aromatic N) is 3. The van der Waals surface area contributed by atoms with Crippen LogP contribution in [-0.2, 0) is 0 Å². The number of nitrogens with one attached hydrogen (secondary N) is 1. The van der Waals surface area contributed by atoms with Crippen LogP contribution in [0.25, 0.3) is 10.9 Å². The first-order valence-electron chi connectivity index (χ1n) is 10.4. The van der Waals surface area contributed by atoms with Crippen LogP contribution >= 0.6 is 11.6 Å². The Morgan fingerprint density at radius 3 is 2.79 bits per heavy atom. The maximum Gasteiger partial charge on any atom is 0.138 e. The summed E-state index contributed by atoms with van der Waals surface area (Å²) in [7, 11) is 1.64. The first-order chi connectivity index (χ1) is 13.5. The third-order valence-electron chi connectivity index (χ3n) is 7.50. The number of aromatic nitrogens is 2. The minimum Gasteiger partial charge on any atom is -0.495 e. The Labute approximate surface area is 171 Å². The Hall–Kier alpha value is -1.77. The van der Waals surface area contributed by atoms with E-state index in [1.165, 1.54) is 12.8 Å². The maximum absolute atomic E-state index is 9.73. The van der Waals surface area contributed by atoms with Gasteiger partial charge in [-0.1, -0.05) is 18.5 Å². The molecule has 0 radical (unpaired) electrons. The first-order valence-corrected chi connectivity index (χ1v) is 10.8. The van der Waals surface area contributed by atoms with Gasteiger partial charge in [0.15, 0.2) is 0 Å². The summed E-state index contributed by atoms with van der Waals surface area (Å²) in [5.74, 6) is 1.79. The van der Waals surface area contributed by atoms with Crippen molar-refractivity contribution in [2.24, 2.45) is 11.3 Å². The minimum absolute atomic E-state index is 0.0255. The highest BCUT2D eigenvalue weighted by molar-refractivity contribution is 6.37. The zero-order chi connectivity index (χ0) is 19.5. The van der Waals surface area contributed by atoms with Gasteiger partial charge in [0, 0.05) is 23.2 Å². The second kappa shape index (κ2) is 6.64. The predicted molar refractivity (Wildman–Crippen MR) is 110 cm³/mol. The van der Waals surface area contributed by atoms with Crippen molar-refractivity contribution in [2.75, 3.05) is 13.7 Å². The summed E-state index contributed by atoms with van der Waals surface area (Å²) in [6.45, 7) is 3.32. The smallest absolute Gasteiger partial charge is 0.138 e. The lowest BCUT2D eigenvalue weighted by Gasteiger charge is -2.59. The van der Waals surface area contributed by atoms with Crippen molar-refractivity contribution in [3.05, 3.63) is 22.8 Å². The number of halogens is 1. The van der Waals surface area contributed by atoms with Crippen LogP contribution in [0.1, 0.15) is 57.1 Å². The highest BCUT2D eigenvalue weighted by Crippen LogP contribution is 2.55. The first kappa shape index (κ1) is 18.3. The molecule has 3 unspecified atom stereocenters. The van der Waals surface area contributed by atoms with Crippen LogP contribution in [0.3, 0.4) is 0 Å². The number of fused-ring (bicyclic) bond motifs is 1. The lowest BCUT2D eigenvalue weighted by Crippen LogP contribution is -2.61. The molecule has 1 aromatic heterocycles. The summed E-state index contributed by atoms with van der Waals surface area (Å²) < 4.78 is 5.39. The van der Waals surface area contributed by atoms with Crippen molar-refractivity contribution in [2.45, 2.75) is 63.5 Å². The predicted octanol–water partition coefficient (Wildman–Crippen LogP) is 4.88. The molecular weight excluding hydrogens is 372 g/mol. The molecule has 3 heterocycles. The molecule has 4 aliphatic rings. The van der Waals surface area contributed by atoms with E-state index in [1.54, 1.807) is 7.11 Å². The summed E-state index contributed by atoms with van der Waals surface area (Å²) in [5, 5.41) is 19.0. The topological polar surface area (TPSA) is 64.9 Å². The third-order valence-corrected chi connectivity index (χ3v) is 7.88. The largest absolute Gasteiger partial charge is 0.495 e. The second-order valence-electron chi connectivity index (χ2n) is 9.19. The van der Waals surface area contributed by atoms with Gasteiger partial charge in [0.2, 0.25) is 0 Å². The fraction of sp³-hybridized carbons (Fsp3) is 0.636. The monoisotopic (exact) mass is 398 g/mol. The Bertz CT molecular complexity index is 932. The lowest BCUT2D eigenvalue weighted by molar-refractivity contribution is -0.0857. The molecule has 0 spiro atoms. The molecule has 2 aromatic rings. The van der Waals surface area contributed by atoms with E-state index < -0.39 is 0 Å². The van der Waals surface area contributed by atoms with Gasteiger partial charge in [-0.05, 0) is 69.0 Å². The number of rotatable bonds is 5. The quantitative estimate of drug-likeness (QED) is 0.779. The van der Waals surface area contributed by atoms with E-state index >= 15 is 0 Å². The zero-order valence-corrected chi connectivity index (χ0v) is 17.3. The SMILES string of the molecule is COc1ccc2n[nH]c(C(C)CCN3C4CC5CC3CC(C#N)(C5)C4)c2c1Cl. The third kappa shape index (κ3) is 2.73. The Balaban J connectivity index is 1.33. The number of H-pyrrole nitrogens is 1. The zero-order valence-electron chi connectivity index (χ0n) is 16.5. The molecule has 6 heteroatoms. The number of nitriles is 1. The average molecular weight is 399 g/mol.